The molecule has 88 heavy (non-hydrogen) atoms. The van der Waals surface area contributed by atoms with E-state index < -0.39 is 45.5 Å². The number of thiazole rings is 2. The first-order valence-corrected chi connectivity index (χ1v) is 36.7. The molecule has 0 aliphatic rings. The van der Waals surface area contributed by atoms with Crippen molar-refractivity contribution >= 4 is 123 Å². The molecule has 0 aliphatic heterocycles. The van der Waals surface area contributed by atoms with Crippen molar-refractivity contribution < 1.29 is 33.7 Å². The van der Waals surface area contributed by atoms with Crippen LogP contribution in [0.2, 0.25) is 0 Å². The highest BCUT2D eigenvalue weighted by Gasteiger charge is 2.32. The molecule has 0 bridgehead atoms. The van der Waals surface area contributed by atoms with Gasteiger partial charge in [0.1, 0.15) is 23.1 Å². The minimum Gasteiger partial charge on any atom is -0.338 e. The number of aryl methyl sites for hydroxylation is 4. The van der Waals surface area contributed by atoms with Gasteiger partial charge in [0.2, 0.25) is 45.2 Å². The maximum absolute atomic E-state index is 14.4. The number of hydrogen-bond acceptors (Lipinski definition) is 19. The number of rotatable bonds is 28. The fraction of sp³-hybridized carbons (Fsp3) is 0.417. The second kappa shape index (κ2) is 27.6. The summed E-state index contributed by atoms with van der Waals surface area (Å²) in [7, 11) is -15.9. The first-order valence-electron chi connectivity index (χ1n) is 29.1. The summed E-state index contributed by atoms with van der Waals surface area (Å²) in [6.45, 7) is 23.3. The van der Waals surface area contributed by atoms with Gasteiger partial charge in [-0.15, -0.1) is 10.2 Å². The van der Waals surface area contributed by atoms with Gasteiger partial charge in [-0.25, -0.2) is 67.5 Å². The normalized spacial score (nSPS) is 12.7. The Morgan fingerprint density at radius 2 is 1.14 bits per heavy atom. The van der Waals surface area contributed by atoms with E-state index in [0.29, 0.717) is 91.0 Å². The van der Waals surface area contributed by atoms with Crippen molar-refractivity contribution in [1.29, 1.82) is 5.26 Å². The van der Waals surface area contributed by atoms with Crippen molar-refractivity contribution in [2.45, 2.75) is 159 Å². The fourth-order valence-electron chi connectivity index (χ4n) is 9.87. The van der Waals surface area contributed by atoms with Crippen LogP contribution in [0.3, 0.4) is 0 Å². The topological polar surface area (TPSA) is 305 Å². The summed E-state index contributed by atoms with van der Waals surface area (Å²) in [5.74, 6) is 0.213. The standard InChI is InChI=1S/C60H76N14O8S6/c1-13-17-27-62-85(75,76)42-21-23-45-49(33-42)83-58(67-45)73(53-39(7)32-40(8)54(41(53)9)88(81,82)65-30-20-16-4)52-26-25-47(56(69-52)66-48-35-51(38(6)31-37(48)5)87(79,80)64-29-19-15-3)70-71-57-44(36-61)55(60(10,11)12)72-74(57)59-68-46-24-22-43(34-50(46)84-59)86(77,78)63-28-18-14-2/h21-26,31-35,62-65H,13-20,27-30H2,1-12H3,(H,66,69). The molecule has 0 saturated carbocycles. The summed E-state index contributed by atoms with van der Waals surface area (Å²) < 4.78 is 124. The zero-order chi connectivity index (χ0) is 64.1. The van der Waals surface area contributed by atoms with Crippen molar-refractivity contribution in [2.75, 3.05) is 36.4 Å². The van der Waals surface area contributed by atoms with E-state index in [-0.39, 0.29) is 84.7 Å². The zero-order valence-electron chi connectivity index (χ0n) is 51.6. The Morgan fingerprint density at radius 3 is 1.69 bits per heavy atom. The van der Waals surface area contributed by atoms with Gasteiger partial charge in [-0.1, -0.05) is 109 Å². The lowest BCUT2D eigenvalue weighted by atomic mass is 9.90. The van der Waals surface area contributed by atoms with Gasteiger partial charge >= 0.3 is 0 Å². The number of hydrogen-bond donors (Lipinski definition) is 5. The van der Waals surface area contributed by atoms with Crippen LogP contribution in [0.25, 0.3) is 25.6 Å². The monoisotopic (exact) mass is 1310 g/mol. The summed E-state index contributed by atoms with van der Waals surface area (Å²) in [6.07, 6.45) is 5.67. The molecule has 0 unspecified atom stereocenters. The van der Waals surface area contributed by atoms with Crippen molar-refractivity contribution in [3.8, 4) is 11.2 Å². The highest BCUT2D eigenvalue weighted by Crippen LogP contribution is 2.46. The van der Waals surface area contributed by atoms with Gasteiger partial charge < -0.3 is 5.32 Å². The Labute approximate surface area is 525 Å². The van der Waals surface area contributed by atoms with Gasteiger partial charge in [0.05, 0.1) is 51.4 Å². The molecule has 5 N–H and O–H groups in total. The van der Waals surface area contributed by atoms with Crippen LogP contribution in [0.4, 0.5) is 39.6 Å². The molecule has 8 rings (SSSR count). The average molecular weight is 1310 g/mol. The molecule has 0 radical (unpaired) electrons. The van der Waals surface area contributed by atoms with Crippen molar-refractivity contribution in [3.05, 3.63) is 106 Å². The highest BCUT2D eigenvalue weighted by molar-refractivity contribution is 7.90. The number of sulfonamides is 4. The molecule has 0 saturated heterocycles. The fourth-order valence-corrected chi connectivity index (χ4v) is 17.1. The second-order valence-electron chi connectivity index (χ2n) is 22.5. The number of azo groups is 1. The number of pyridine rings is 1. The molecule has 22 nitrogen and oxygen atoms in total. The highest BCUT2D eigenvalue weighted by atomic mass is 32.2. The molecular formula is C60H76N14O8S6. The lowest BCUT2D eigenvalue weighted by molar-refractivity contribution is 0.559. The summed E-state index contributed by atoms with van der Waals surface area (Å²) in [5.41, 5.74) is 4.17. The SMILES string of the molecule is CCCCNS(=O)(=O)c1ccc2nc(N(c3ccc(N=Nc4c(C#N)c(C(C)(C)C)nn4-c4nc5ccc(S(=O)(=O)NCCCC)cc5s4)c(Nc4cc(S(=O)(=O)NCCCC)c(C)cc4C)n3)c3c(C)cc(C)c(S(=O)(=O)NCCCC)c3C)sc2c1. The van der Waals surface area contributed by atoms with E-state index in [0.717, 1.165) is 48.4 Å². The van der Waals surface area contributed by atoms with Crippen LogP contribution in [0, 0.1) is 45.9 Å². The van der Waals surface area contributed by atoms with E-state index in [2.05, 4.69) is 30.3 Å². The molecule has 0 spiro atoms. The Hall–Kier alpha value is -6.65. The van der Waals surface area contributed by atoms with E-state index in [1.165, 1.54) is 28.9 Å². The molecule has 470 valence electrons. The van der Waals surface area contributed by atoms with Gasteiger partial charge in [-0.05, 0) is 143 Å². The van der Waals surface area contributed by atoms with E-state index in [4.69, 9.17) is 30.3 Å². The Balaban J connectivity index is 1.38. The lowest BCUT2D eigenvalue weighted by Gasteiger charge is -2.28. The van der Waals surface area contributed by atoms with Crippen LogP contribution >= 0.6 is 22.7 Å². The predicted molar refractivity (Wildman–Crippen MR) is 350 cm³/mol. The Morgan fingerprint density at radius 1 is 0.602 bits per heavy atom. The number of nitriles is 1. The Bertz CT molecular complexity index is 4470. The minimum atomic E-state index is -4.11. The molecule has 0 fully saturated rings. The van der Waals surface area contributed by atoms with Crippen LogP contribution in [0.5, 0.6) is 0 Å². The van der Waals surface area contributed by atoms with Crippen LogP contribution in [0.15, 0.2) is 96.5 Å². The third-order valence-corrected chi connectivity index (χ3v) is 22.7. The molecule has 0 amide bonds. The largest absolute Gasteiger partial charge is 0.338 e. The molecule has 0 aliphatic carbocycles. The molecule has 4 aromatic heterocycles. The lowest BCUT2D eigenvalue weighted by Crippen LogP contribution is -2.27. The van der Waals surface area contributed by atoms with Crippen LogP contribution in [0.1, 0.15) is 139 Å². The summed E-state index contributed by atoms with van der Waals surface area (Å²) >= 11 is 2.31. The smallest absolute Gasteiger partial charge is 0.241 e. The molecule has 28 heteroatoms. The van der Waals surface area contributed by atoms with Gasteiger partial charge in [0, 0.05) is 37.3 Å². The maximum atomic E-state index is 14.4. The quantitative estimate of drug-likeness (QED) is 0.0225. The van der Waals surface area contributed by atoms with E-state index >= 15 is 0 Å². The van der Waals surface area contributed by atoms with E-state index in [1.807, 2.05) is 62.3 Å². The summed E-state index contributed by atoms with van der Waals surface area (Å²) in [5, 5.41) is 29.3. The zero-order valence-corrected chi connectivity index (χ0v) is 56.5. The van der Waals surface area contributed by atoms with Gasteiger partial charge in [-0.2, -0.15) is 15.0 Å². The van der Waals surface area contributed by atoms with Gasteiger partial charge in [0.15, 0.2) is 16.8 Å². The third kappa shape index (κ3) is 14.8. The average Bonchev–Trinajstić information content (AvgIpc) is 1.72. The third-order valence-electron chi connectivity index (χ3n) is 14.4. The summed E-state index contributed by atoms with van der Waals surface area (Å²) in [4.78, 5) is 17.0. The number of anilines is 5. The van der Waals surface area contributed by atoms with Gasteiger partial charge in [-0.3, -0.25) is 4.90 Å². The van der Waals surface area contributed by atoms with Crippen LogP contribution < -0.4 is 29.1 Å². The van der Waals surface area contributed by atoms with Crippen molar-refractivity contribution in [2.24, 2.45) is 10.2 Å². The molecule has 4 heterocycles. The Kier molecular flexibility index (Phi) is 21.1. The number of nitrogens with zero attached hydrogens (tertiary/aromatic N) is 9. The molecule has 4 aromatic carbocycles. The molecular weight excluding hydrogens is 1240 g/mol. The number of fused-ring (bicyclic) bond motifs is 2. The first-order chi connectivity index (χ1) is 41.6. The van der Waals surface area contributed by atoms with Crippen LogP contribution in [-0.2, 0) is 45.5 Å². The number of aromatic nitrogens is 5. The number of nitrogens with one attached hydrogen (secondary N) is 5. The predicted octanol–water partition coefficient (Wildman–Crippen LogP) is 13.1. The number of benzene rings is 4. The maximum Gasteiger partial charge on any atom is 0.241 e. The van der Waals surface area contributed by atoms with Crippen molar-refractivity contribution in [1.82, 2.24) is 43.6 Å². The van der Waals surface area contributed by atoms with E-state index in [9.17, 15) is 38.9 Å². The first kappa shape index (κ1) is 67.3. The summed E-state index contributed by atoms with van der Waals surface area (Å²) in [6, 6.07) is 19.9. The molecule has 8 aromatic rings. The van der Waals surface area contributed by atoms with E-state index in [1.54, 1.807) is 68.1 Å². The minimum absolute atomic E-state index is 0.00104. The van der Waals surface area contributed by atoms with Crippen LogP contribution in [-0.4, -0.2) is 84.6 Å². The number of unbranched alkanes of at least 4 members (excludes halogenated alkanes) is 4. The second-order valence-corrected chi connectivity index (χ2v) is 31.5. The molecule has 0 atom stereocenters. The van der Waals surface area contributed by atoms with Gasteiger partial charge in [0.25, 0.3) is 0 Å². The van der Waals surface area contributed by atoms with Crippen molar-refractivity contribution in [3.63, 3.8) is 0 Å².